The number of nitrogens with one attached hydrogen (secondary N) is 2. The van der Waals surface area contributed by atoms with Crippen LogP contribution in [-0.2, 0) is 0 Å². The third kappa shape index (κ3) is 5.85. The lowest BCUT2D eigenvalue weighted by atomic mass is 10.0. The van der Waals surface area contributed by atoms with Crippen LogP contribution in [0.5, 0.6) is 0 Å². The second-order valence-corrected chi connectivity index (χ2v) is 8.09. The van der Waals surface area contributed by atoms with Gasteiger partial charge in [0.05, 0.1) is 25.3 Å². The van der Waals surface area contributed by atoms with E-state index in [0.717, 1.165) is 28.7 Å². The molecule has 32 heavy (non-hydrogen) atoms. The van der Waals surface area contributed by atoms with E-state index in [1.165, 1.54) is 0 Å². The van der Waals surface area contributed by atoms with E-state index in [1.54, 1.807) is 36.5 Å². The summed E-state index contributed by atoms with van der Waals surface area (Å²) in [4.78, 5) is 17.1. The topological polar surface area (TPSA) is 94.5 Å². The highest BCUT2D eigenvalue weighted by molar-refractivity contribution is 6.30. The molecule has 0 radical (unpaired) electrons. The molecule has 0 aliphatic heterocycles. The zero-order chi connectivity index (χ0) is 23.1. The van der Waals surface area contributed by atoms with E-state index < -0.39 is 6.04 Å². The fourth-order valence-electron chi connectivity index (χ4n) is 3.40. The van der Waals surface area contributed by atoms with Crippen molar-refractivity contribution in [3.63, 3.8) is 0 Å². The molecule has 0 aliphatic rings. The monoisotopic (exact) mass is 453 g/mol. The molecule has 1 aromatic heterocycles. The molecular weight excluding hydrogens is 426 g/mol. The number of pyridine rings is 1. The van der Waals surface area contributed by atoms with Gasteiger partial charge in [0, 0.05) is 16.8 Å². The minimum absolute atomic E-state index is 0.0369. The lowest BCUT2D eigenvalue weighted by Gasteiger charge is -2.18. The Labute approximate surface area is 193 Å². The molecular formula is C25H28ClN3O3. The standard InChI is InChI=1S/C25H28ClN3O3/c1-3-21(14-30)28-24-12-22(16(2)13-27-24)17-7-9-18(10-8-17)25(32)29-23(15-31)19-5-4-6-20(26)11-19/h4-13,21,23,30-31H,3,14-15H2,1-2H3,(H,27,28)(H,29,32)/t21-,23+/m0/s1. The number of aliphatic hydroxyl groups excluding tert-OH is 2. The summed E-state index contributed by atoms with van der Waals surface area (Å²) in [5, 5.41) is 25.8. The number of carbonyl (C=O) groups is 1. The molecule has 6 nitrogen and oxygen atoms in total. The number of carbonyl (C=O) groups excluding carboxylic acids is 1. The molecule has 0 spiro atoms. The Bertz CT molecular complexity index is 1050. The first-order valence-corrected chi connectivity index (χ1v) is 10.9. The fourth-order valence-corrected chi connectivity index (χ4v) is 3.60. The molecule has 0 fully saturated rings. The van der Waals surface area contributed by atoms with E-state index in [1.807, 2.05) is 38.1 Å². The Hall–Kier alpha value is -2.93. The molecule has 2 aromatic carbocycles. The number of aliphatic hydroxyl groups is 2. The number of aryl methyl sites for hydroxylation is 1. The summed E-state index contributed by atoms with van der Waals surface area (Å²) in [6, 6.07) is 15.7. The number of amides is 1. The largest absolute Gasteiger partial charge is 0.394 e. The first kappa shape index (κ1) is 23.7. The molecule has 0 unspecified atom stereocenters. The van der Waals surface area contributed by atoms with Gasteiger partial charge in [-0.2, -0.15) is 0 Å². The Morgan fingerprint density at radius 3 is 2.47 bits per heavy atom. The minimum Gasteiger partial charge on any atom is -0.394 e. The number of nitrogens with zero attached hydrogens (tertiary/aromatic N) is 1. The van der Waals surface area contributed by atoms with E-state index in [2.05, 4.69) is 15.6 Å². The van der Waals surface area contributed by atoms with Crippen LogP contribution in [0.3, 0.4) is 0 Å². The fraction of sp³-hybridized carbons (Fsp3) is 0.280. The van der Waals surface area contributed by atoms with Crippen molar-refractivity contribution in [2.75, 3.05) is 18.5 Å². The predicted octanol–water partition coefficient (Wildman–Crippen LogP) is 4.36. The first-order valence-electron chi connectivity index (χ1n) is 10.6. The summed E-state index contributed by atoms with van der Waals surface area (Å²) in [5.41, 5.74) is 4.19. The molecule has 4 N–H and O–H groups in total. The molecule has 1 heterocycles. The van der Waals surface area contributed by atoms with E-state index in [9.17, 15) is 15.0 Å². The van der Waals surface area contributed by atoms with Gasteiger partial charge in [0.2, 0.25) is 0 Å². The molecule has 1 amide bonds. The Morgan fingerprint density at radius 2 is 1.84 bits per heavy atom. The molecule has 7 heteroatoms. The van der Waals surface area contributed by atoms with Crippen LogP contribution in [0.2, 0.25) is 5.02 Å². The average Bonchev–Trinajstić information content (AvgIpc) is 2.82. The van der Waals surface area contributed by atoms with Crippen LogP contribution in [0.1, 0.15) is 40.9 Å². The lowest BCUT2D eigenvalue weighted by molar-refractivity contribution is 0.0916. The molecule has 0 saturated heterocycles. The number of hydrogen-bond donors (Lipinski definition) is 4. The van der Waals surface area contributed by atoms with Crippen molar-refractivity contribution in [3.05, 3.63) is 82.5 Å². The van der Waals surface area contributed by atoms with Crippen molar-refractivity contribution in [2.45, 2.75) is 32.4 Å². The van der Waals surface area contributed by atoms with Crippen molar-refractivity contribution >= 4 is 23.3 Å². The zero-order valence-corrected chi connectivity index (χ0v) is 18.9. The number of rotatable bonds is 9. The Balaban J connectivity index is 1.76. The molecule has 168 valence electrons. The second kappa shape index (κ2) is 11.1. The molecule has 3 aromatic rings. The molecule has 0 aliphatic carbocycles. The summed E-state index contributed by atoms with van der Waals surface area (Å²) < 4.78 is 0. The Morgan fingerprint density at radius 1 is 1.09 bits per heavy atom. The van der Waals surface area contributed by atoms with Gasteiger partial charge in [0.15, 0.2) is 0 Å². The van der Waals surface area contributed by atoms with Crippen LogP contribution >= 0.6 is 11.6 Å². The summed E-state index contributed by atoms with van der Waals surface area (Å²) in [5.74, 6) is 0.416. The highest BCUT2D eigenvalue weighted by Crippen LogP contribution is 2.26. The van der Waals surface area contributed by atoms with Gasteiger partial charge >= 0.3 is 0 Å². The van der Waals surface area contributed by atoms with Crippen molar-refractivity contribution in [1.82, 2.24) is 10.3 Å². The highest BCUT2D eigenvalue weighted by atomic mass is 35.5. The number of anilines is 1. The lowest BCUT2D eigenvalue weighted by Crippen LogP contribution is -2.30. The second-order valence-electron chi connectivity index (χ2n) is 7.66. The predicted molar refractivity (Wildman–Crippen MR) is 128 cm³/mol. The highest BCUT2D eigenvalue weighted by Gasteiger charge is 2.16. The van der Waals surface area contributed by atoms with Crippen LogP contribution in [0, 0.1) is 6.92 Å². The summed E-state index contributed by atoms with van der Waals surface area (Å²) >= 11 is 6.03. The van der Waals surface area contributed by atoms with Crippen LogP contribution in [0.25, 0.3) is 11.1 Å². The molecule has 2 atom stereocenters. The van der Waals surface area contributed by atoms with Crippen molar-refractivity contribution in [3.8, 4) is 11.1 Å². The third-order valence-corrected chi connectivity index (χ3v) is 5.60. The summed E-state index contributed by atoms with van der Waals surface area (Å²) in [6.07, 6.45) is 2.58. The normalized spacial score (nSPS) is 12.8. The van der Waals surface area contributed by atoms with Gasteiger partial charge in [0.1, 0.15) is 5.82 Å². The quantitative estimate of drug-likeness (QED) is 0.386. The van der Waals surface area contributed by atoms with Gasteiger partial charge in [-0.15, -0.1) is 0 Å². The van der Waals surface area contributed by atoms with E-state index in [0.29, 0.717) is 16.4 Å². The van der Waals surface area contributed by atoms with Gasteiger partial charge in [-0.3, -0.25) is 4.79 Å². The van der Waals surface area contributed by atoms with Crippen LogP contribution < -0.4 is 10.6 Å². The first-order chi connectivity index (χ1) is 15.4. The van der Waals surface area contributed by atoms with Gasteiger partial charge < -0.3 is 20.8 Å². The van der Waals surface area contributed by atoms with E-state index in [-0.39, 0.29) is 25.2 Å². The number of hydrogen-bond acceptors (Lipinski definition) is 5. The maximum absolute atomic E-state index is 12.7. The van der Waals surface area contributed by atoms with Gasteiger partial charge in [-0.1, -0.05) is 42.8 Å². The van der Waals surface area contributed by atoms with Gasteiger partial charge in [-0.25, -0.2) is 4.98 Å². The minimum atomic E-state index is -0.546. The number of benzene rings is 2. The van der Waals surface area contributed by atoms with Gasteiger partial charge in [0.25, 0.3) is 5.91 Å². The number of halogens is 1. The van der Waals surface area contributed by atoms with E-state index in [4.69, 9.17) is 11.6 Å². The summed E-state index contributed by atoms with van der Waals surface area (Å²) in [7, 11) is 0. The van der Waals surface area contributed by atoms with Crippen molar-refractivity contribution < 1.29 is 15.0 Å². The Kier molecular flexibility index (Phi) is 8.22. The average molecular weight is 454 g/mol. The molecule has 3 rings (SSSR count). The van der Waals surface area contributed by atoms with E-state index >= 15 is 0 Å². The maximum atomic E-state index is 12.7. The number of aromatic nitrogens is 1. The smallest absolute Gasteiger partial charge is 0.251 e. The van der Waals surface area contributed by atoms with Crippen LogP contribution in [-0.4, -0.2) is 40.4 Å². The third-order valence-electron chi connectivity index (χ3n) is 5.37. The molecule has 0 bridgehead atoms. The zero-order valence-electron chi connectivity index (χ0n) is 18.2. The van der Waals surface area contributed by atoms with Crippen LogP contribution in [0.4, 0.5) is 5.82 Å². The van der Waals surface area contributed by atoms with Gasteiger partial charge in [-0.05, 0) is 65.9 Å². The van der Waals surface area contributed by atoms with Crippen molar-refractivity contribution in [2.24, 2.45) is 0 Å². The summed E-state index contributed by atoms with van der Waals surface area (Å²) in [6.45, 7) is 3.78. The van der Waals surface area contributed by atoms with Crippen LogP contribution in [0.15, 0.2) is 60.8 Å². The van der Waals surface area contributed by atoms with Crippen molar-refractivity contribution in [1.29, 1.82) is 0 Å². The molecule has 0 saturated carbocycles. The maximum Gasteiger partial charge on any atom is 0.251 e. The SMILES string of the molecule is CC[C@@H](CO)Nc1cc(-c2ccc(C(=O)N[C@H](CO)c3cccc(Cl)c3)cc2)c(C)cn1.